The number of carbonyl (C=O) groups excluding carboxylic acids is 2. The molecule has 1 heterocycles. The minimum atomic E-state index is -0.382. The van der Waals surface area contributed by atoms with Crippen molar-refractivity contribution in [2.24, 2.45) is 5.10 Å². The maximum atomic E-state index is 12.6. The number of carbonyl (C=O) groups is 2. The summed E-state index contributed by atoms with van der Waals surface area (Å²) in [5, 5.41) is 8.38. The third kappa shape index (κ3) is 5.14. The van der Waals surface area contributed by atoms with Crippen molar-refractivity contribution in [2.45, 2.75) is 27.2 Å². The van der Waals surface area contributed by atoms with Crippen LogP contribution in [0.3, 0.4) is 0 Å². The highest BCUT2D eigenvalue weighted by atomic mass is 35.5. The molecule has 30 heavy (non-hydrogen) atoms. The van der Waals surface area contributed by atoms with Crippen LogP contribution in [-0.2, 0) is 4.79 Å². The first kappa shape index (κ1) is 21.7. The molecule has 0 radical (unpaired) electrons. The van der Waals surface area contributed by atoms with Crippen molar-refractivity contribution < 1.29 is 9.59 Å². The number of benzene rings is 2. The summed E-state index contributed by atoms with van der Waals surface area (Å²) in [7, 11) is 0. The fourth-order valence-electron chi connectivity index (χ4n) is 2.93. The molecule has 8 heteroatoms. The van der Waals surface area contributed by atoms with Crippen molar-refractivity contribution in [3.63, 3.8) is 0 Å². The fraction of sp³-hybridized carbons (Fsp3) is 0.182. The second-order valence-electron chi connectivity index (χ2n) is 6.91. The second-order valence-corrected chi connectivity index (χ2v) is 7.72. The average molecular weight is 443 g/mol. The van der Waals surface area contributed by atoms with E-state index in [0.29, 0.717) is 32.7 Å². The summed E-state index contributed by atoms with van der Waals surface area (Å²) < 4.78 is 0. The lowest BCUT2D eigenvalue weighted by molar-refractivity contribution is -0.115. The number of rotatable bonds is 5. The van der Waals surface area contributed by atoms with E-state index in [-0.39, 0.29) is 18.2 Å². The van der Waals surface area contributed by atoms with Crippen molar-refractivity contribution in [3.05, 3.63) is 69.3 Å². The normalized spacial score (nSPS) is 11.4. The standard InChI is InChI=1S/C22H20Cl2N4O2/c1-12-5-4-6-15-10-17(14(3)25-21(12)15)22(30)28-27-13(2)9-20(29)26-16-7-8-18(23)19(24)11-16/h4-8,10-11H,9H2,1-3H3,(H,26,29)(H,28,30)/b27-13-. The summed E-state index contributed by atoms with van der Waals surface area (Å²) in [5.74, 6) is -0.671. The molecule has 0 unspecified atom stereocenters. The Bertz CT molecular complexity index is 1180. The number of nitrogens with one attached hydrogen (secondary N) is 2. The Hall–Kier alpha value is -2.96. The molecular formula is C22H20Cl2N4O2. The Balaban J connectivity index is 1.65. The molecule has 2 aromatic carbocycles. The van der Waals surface area contributed by atoms with Crippen LogP contribution in [0.5, 0.6) is 0 Å². The highest BCUT2D eigenvalue weighted by molar-refractivity contribution is 6.42. The third-order valence-corrected chi connectivity index (χ3v) is 5.19. The quantitative estimate of drug-likeness (QED) is 0.415. The van der Waals surface area contributed by atoms with E-state index in [9.17, 15) is 9.59 Å². The van der Waals surface area contributed by atoms with E-state index in [1.807, 2.05) is 25.1 Å². The molecule has 3 rings (SSSR count). The van der Waals surface area contributed by atoms with Crippen LogP contribution in [0.2, 0.25) is 10.0 Å². The lowest BCUT2D eigenvalue weighted by Gasteiger charge is -2.09. The smallest absolute Gasteiger partial charge is 0.273 e. The lowest BCUT2D eigenvalue weighted by atomic mass is 10.1. The van der Waals surface area contributed by atoms with Crippen molar-refractivity contribution in [2.75, 3.05) is 5.32 Å². The number of hydrazone groups is 1. The van der Waals surface area contributed by atoms with Gasteiger partial charge in [0.25, 0.3) is 5.91 Å². The van der Waals surface area contributed by atoms with Gasteiger partial charge in [0.05, 0.1) is 33.2 Å². The SMILES string of the molecule is C/C(CC(=O)Nc1ccc(Cl)c(Cl)c1)=N/NC(=O)c1cc2cccc(C)c2nc1C. The van der Waals surface area contributed by atoms with Gasteiger partial charge >= 0.3 is 0 Å². The molecular weight excluding hydrogens is 423 g/mol. The largest absolute Gasteiger partial charge is 0.326 e. The first-order valence-electron chi connectivity index (χ1n) is 9.20. The Morgan fingerprint density at radius 3 is 2.57 bits per heavy atom. The lowest BCUT2D eigenvalue weighted by Crippen LogP contribution is -2.22. The van der Waals surface area contributed by atoms with E-state index >= 15 is 0 Å². The molecule has 2 N–H and O–H groups in total. The van der Waals surface area contributed by atoms with Crippen LogP contribution in [0.1, 0.15) is 35.0 Å². The molecule has 1 aromatic heterocycles. The van der Waals surface area contributed by atoms with Gasteiger partial charge in [0.15, 0.2) is 0 Å². The maximum Gasteiger partial charge on any atom is 0.273 e. The summed E-state index contributed by atoms with van der Waals surface area (Å²) >= 11 is 11.8. The Morgan fingerprint density at radius 1 is 1.07 bits per heavy atom. The molecule has 0 bridgehead atoms. The van der Waals surface area contributed by atoms with Crippen LogP contribution in [0.25, 0.3) is 10.9 Å². The van der Waals surface area contributed by atoms with E-state index in [1.54, 1.807) is 38.1 Å². The van der Waals surface area contributed by atoms with Gasteiger partial charge in [-0.05, 0) is 50.6 Å². The van der Waals surface area contributed by atoms with Gasteiger partial charge in [0.2, 0.25) is 5.91 Å². The predicted molar refractivity (Wildman–Crippen MR) is 122 cm³/mol. The number of halogens is 2. The van der Waals surface area contributed by atoms with Crippen LogP contribution < -0.4 is 10.7 Å². The minimum absolute atomic E-state index is 0.00860. The molecule has 0 fully saturated rings. The Kier molecular flexibility index (Phi) is 6.70. The van der Waals surface area contributed by atoms with Crippen LogP contribution in [-0.4, -0.2) is 22.5 Å². The third-order valence-electron chi connectivity index (χ3n) is 4.45. The summed E-state index contributed by atoms with van der Waals surface area (Å²) in [4.78, 5) is 29.3. The molecule has 0 saturated heterocycles. The summed E-state index contributed by atoms with van der Waals surface area (Å²) in [5.41, 5.74) is 6.43. The number of fused-ring (bicyclic) bond motifs is 1. The van der Waals surface area contributed by atoms with Crippen molar-refractivity contribution >= 4 is 57.3 Å². The van der Waals surface area contributed by atoms with Crippen LogP contribution in [0.4, 0.5) is 5.69 Å². The number of hydrogen-bond acceptors (Lipinski definition) is 4. The molecule has 2 amide bonds. The monoisotopic (exact) mass is 442 g/mol. The molecule has 0 aliphatic heterocycles. The zero-order chi connectivity index (χ0) is 21.8. The van der Waals surface area contributed by atoms with Gasteiger partial charge in [0.1, 0.15) is 0 Å². The van der Waals surface area contributed by atoms with Crippen LogP contribution in [0, 0.1) is 13.8 Å². The molecule has 0 aliphatic rings. The number of para-hydroxylation sites is 1. The first-order chi connectivity index (χ1) is 14.2. The van der Waals surface area contributed by atoms with Gasteiger partial charge in [-0.3, -0.25) is 14.6 Å². The van der Waals surface area contributed by atoms with Crippen molar-refractivity contribution in [1.82, 2.24) is 10.4 Å². The van der Waals surface area contributed by atoms with E-state index in [4.69, 9.17) is 23.2 Å². The molecule has 154 valence electrons. The number of aryl methyl sites for hydroxylation is 2. The zero-order valence-electron chi connectivity index (χ0n) is 16.7. The van der Waals surface area contributed by atoms with Crippen molar-refractivity contribution in [1.29, 1.82) is 0 Å². The molecule has 3 aromatic rings. The molecule has 6 nitrogen and oxygen atoms in total. The zero-order valence-corrected chi connectivity index (χ0v) is 18.2. The molecule has 0 atom stereocenters. The Morgan fingerprint density at radius 2 is 1.83 bits per heavy atom. The number of aromatic nitrogens is 1. The fourth-order valence-corrected chi connectivity index (χ4v) is 3.22. The number of nitrogens with zero attached hydrogens (tertiary/aromatic N) is 2. The summed E-state index contributed by atoms with van der Waals surface area (Å²) in [6.07, 6.45) is 0.00860. The second kappa shape index (κ2) is 9.24. The van der Waals surface area contributed by atoms with Gasteiger partial charge < -0.3 is 5.32 Å². The number of amides is 2. The minimum Gasteiger partial charge on any atom is -0.326 e. The van der Waals surface area contributed by atoms with E-state index < -0.39 is 0 Å². The highest BCUT2D eigenvalue weighted by Gasteiger charge is 2.13. The van der Waals surface area contributed by atoms with E-state index in [1.165, 1.54) is 0 Å². The predicted octanol–water partition coefficient (Wildman–Crippen LogP) is 5.29. The molecule has 0 saturated carbocycles. The number of pyridine rings is 1. The van der Waals surface area contributed by atoms with Gasteiger partial charge in [-0.2, -0.15) is 5.10 Å². The van der Waals surface area contributed by atoms with Crippen LogP contribution in [0.15, 0.2) is 47.6 Å². The highest BCUT2D eigenvalue weighted by Crippen LogP contribution is 2.25. The molecule has 0 spiro atoms. The van der Waals surface area contributed by atoms with Gasteiger partial charge in [-0.15, -0.1) is 0 Å². The van der Waals surface area contributed by atoms with Gasteiger partial charge in [0, 0.05) is 16.8 Å². The average Bonchev–Trinajstić information content (AvgIpc) is 2.69. The number of anilines is 1. The van der Waals surface area contributed by atoms with Gasteiger partial charge in [-0.25, -0.2) is 5.43 Å². The van der Waals surface area contributed by atoms with E-state index in [0.717, 1.165) is 16.5 Å². The van der Waals surface area contributed by atoms with Crippen molar-refractivity contribution in [3.8, 4) is 0 Å². The van der Waals surface area contributed by atoms with Crippen LogP contribution >= 0.6 is 23.2 Å². The number of hydrogen-bond donors (Lipinski definition) is 2. The first-order valence-corrected chi connectivity index (χ1v) is 9.95. The van der Waals surface area contributed by atoms with Gasteiger partial charge in [-0.1, -0.05) is 41.4 Å². The topological polar surface area (TPSA) is 83.5 Å². The summed E-state index contributed by atoms with van der Waals surface area (Å²) in [6, 6.07) is 12.4. The summed E-state index contributed by atoms with van der Waals surface area (Å²) in [6.45, 7) is 5.41. The maximum absolute atomic E-state index is 12.6. The molecule has 0 aliphatic carbocycles. The Labute approximate surface area is 184 Å². The van der Waals surface area contributed by atoms with E-state index in [2.05, 4.69) is 20.8 Å².